The number of benzene rings is 2. The Bertz CT molecular complexity index is 741. The molecule has 2 aromatic rings. The Morgan fingerprint density at radius 1 is 1.00 bits per heavy atom. The van der Waals surface area contributed by atoms with E-state index in [1.165, 1.54) is 17.3 Å². The number of nitrogens with zero attached hydrogens (tertiary/aromatic N) is 2. The quantitative estimate of drug-likeness (QED) is 0.818. The van der Waals surface area contributed by atoms with Gasteiger partial charge in [-0.15, -0.1) is 5.11 Å². The molecule has 116 valence electrons. The van der Waals surface area contributed by atoms with E-state index >= 15 is 0 Å². The average Bonchev–Trinajstić information content (AvgIpc) is 2.94. The topological polar surface area (TPSA) is 53.8 Å². The molecule has 3 rings (SSSR count). The van der Waals surface area contributed by atoms with Crippen molar-refractivity contribution in [2.75, 3.05) is 5.75 Å². The molecule has 23 heavy (non-hydrogen) atoms. The predicted molar refractivity (Wildman–Crippen MR) is 93.4 cm³/mol. The van der Waals surface area contributed by atoms with Gasteiger partial charge in [-0.3, -0.25) is 4.79 Å². The van der Waals surface area contributed by atoms with Gasteiger partial charge in [-0.1, -0.05) is 60.3 Å². The van der Waals surface area contributed by atoms with Gasteiger partial charge in [0.2, 0.25) is 5.12 Å². The van der Waals surface area contributed by atoms with Crippen LogP contribution in [0, 0.1) is 0 Å². The van der Waals surface area contributed by atoms with Crippen LogP contribution in [-0.4, -0.2) is 10.9 Å². The third-order valence-corrected chi connectivity index (χ3v) is 4.43. The molecule has 2 aromatic carbocycles. The van der Waals surface area contributed by atoms with Crippen molar-refractivity contribution in [2.24, 2.45) is 10.2 Å². The van der Waals surface area contributed by atoms with Crippen LogP contribution in [0.3, 0.4) is 0 Å². The number of rotatable bonds is 5. The van der Waals surface area contributed by atoms with Crippen molar-refractivity contribution in [1.29, 1.82) is 0 Å². The molecule has 0 saturated carbocycles. The summed E-state index contributed by atoms with van der Waals surface area (Å²) in [4.78, 5) is 12.0. The highest BCUT2D eigenvalue weighted by Gasteiger charge is 2.25. The van der Waals surface area contributed by atoms with E-state index in [1.54, 1.807) is 0 Å². The van der Waals surface area contributed by atoms with E-state index in [9.17, 15) is 4.79 Å². The number of hydrogen-bond acceptors (Lipinski definition) is 5. The molecule has 0 aromatic heterocycles. The minimum Gasteiger partial charge on any atom is -0.379 e. The second kappa shape index (κ2) is 7.24. The van der Waals surface area contributed by atoms with Gasteiger partial charge < -0.3 is 5.32 Å². The molecular formula is C18H17N3OS. The van der Waals surface area contributed by atoms with Gasteiger partial charge in [0.05, 0.1) is 11.4 Å². The standard InChI is InChI=1S/C18H17N3OS/c1-13(14-8-4-2-5-9-14)19-16-12-23-18(22)17(16)21-20-15-10-6-3-7-11-15/h2-11,13,19H,12H2,1H3. The van der Waals surface area contributed by atoms with E-state index in [0.717, 1.165) is 11.4 Å². The maximum Gasteiger partial charge on any atom is 0.241 e. The SMILES string of the molecule is CC(NC1=C(N=Nc2ccccc2)C(=O)SC1)c1ccccc1. The number of nitrogens with one attached hydrogen (secondary N) is 1. The van der Waals surface area contributed by atoms with Crippen molar-refractivity contribution in [1.82, 2.24) is 5.32 Å². The van der Waals surface area contributed by atoms with Gasteiger partial charge in [-0.25, -0.2) is 0 Å². The predicted octanol–water partition coefficient (Wildman–Crippen LogP) is 4.61. The molecule has 0 spiro atoms. The van der Waals surface area contributed by atoms with Crippen LogP contribution in [0.1, 0.15) is 18.5 Å². The number of carbonyl (C=O) groups is 1. The summed E-state index contributed by atoms with van der Waals surface area (Å²) < 4.78 is 0. The summed E-state index contributed by atoms with van der Waals surface area (Å²) in [5.41, 5.74) is 3.17. The number of carbonyl (C=O) groups excluding carboxylic acids is 1. The first-order chi connectivity index (χ1) is 11.2. The molecule has 1 aliphatic heterocycles. The van der Waals surface area contributed by atoms with Gasteiger partial charge in [-0.05, 0) is 24.6 Å². The Labute approximate surface area is 139 Å². The number of thioether (sulfide) groups is 1. The molecule has 0 radical (unpaired) electrons. The Kier molecular flexibility index (Phi) is 4.88. The summed E-state index contributed by atoms with van der Waals surface area (Å²) in [6.07, 6.45) is 0. The summed E-state index contributed by atoms with van der Waals surface area (Å²) in [7, 11) is 0. The summed E-state index contributed by atoms with van der Waals surface area (Å²) in [5, 5.41) is 11.7. The van der Waals surface area contributed by atoms with E-state index in [4.69, 9.17) is 0 Å². The van der Waals surface area contributed by atoms with Crippen molar-refractivity contribution < 1.29 is 4.79 Å². The van der Waals surface area contributed by atoms with Gasteiger partial charge >= 0.3 is 0 Å². The first-order valence-corrected chi connectivity index (χ1v) is 8.41. The summed E-state index contributed by atoms with van der Waals surface area (Å²) >= 11 is 1.26. The Morgan fingerprint density at radius 3 is 2.35 bits per heavy atom. The maximum absolute atomic E-state index is 12.0. The second-order valence-electron chi connectivity index (χ2n) is 5.22. The fraction of sp³-hybridized carbons (Fsp3) is 0.167. The smallest absolute Gasteiger partial charge is 0.241 e. The van der Waals surface area contributed by atoms with E-state index in [0.29, 0.717) is 11.4 Å². The third-order valence-electron chi connectivity index (χ3n) is 3.54. The number of hydrogen-bond donors (Lipinski definition) is 1. The molecule has 1 heterocycles. The molecule has 4 nitrogen and oxygen atoms in total. The van der Waals surface area contributed by atoms with Crippen LogP contribution in [0.2, 0.25) is 0 Å². The van der Waals surface area contributed by atoms with Crippen LogP contribution in [0.25, 0.3) is 0 Å². The molecular weight excluding hydrogens is 306 g/mol. The molecule has 0 fully saturated rings. The fourth-order valence-corrected chi connectivity index (χ4v) is 3.09. The lowest BCUT2D eigenvalue weighted by Crippen LogP contribution is -2.19. The minimum absolute atomic E-state index is 0.0348. The van der Waals surface area contributed by atoms with Crippen LogP contribution in [-0.2, 0) is 4.79 Å². The lowest BCUT2D eigenvalue weighted by molar-refractivity contribution is -0.107. The molecule has 0 aliphatic carbocycles. The Hall–Kier alpha value is -2.40. The Balaban J connectivity index is 1.79. The van der Waals surface area contributed by atoms with Crippen molar-refractivity contribution in [3.63, 3.8) is 0 Å². The van der Waals surface area contributed by atoms with Crippen LogP contribution in [0.4, 0.5) is 5.69 Å². The lowest BCUT2D eigenvalue weighted by Gasteiger charge is -2.16. The molecule has 1 atom stereocenters. The lowest BCUT2D eigenvalue weighted by atomic mass is 10.1. The van der Waals surface area contributed by atoms with E-state index < -0.39 is 0 Å². The summed E-state index contributed by atoms with van der Waals surface area (Å²) in [6, 6.07) is 19.7. The van der Waals surface area contributed by atoms with Gasteiger partial charge in [0.25, 0.3) is 0 Å². The van der Waals surface area contributed by atoms with Gasteiger partial charge in [0, 0.05) is 11.8 Å². The first kappa shape index (κ1) is 15.5. The molecule has 1 aliphatic rings. The van der Waals surface area contributed by atoms with E-state index in [-0.39, 0.29) is 11.2 Å². The third kappa shape index (κ3) is 3.87. The zero-order chi connectivity index (χ0) is 16.1. The van der Waals surface area contributed by atoms with Crippen LogP contribution in [0.15, 0.2) is 82.3 Å². The highest BCUT2D eigenvalue weighted by Crippen LogP contribution is 2.29. The van der Waals surface area contributed by atoms with Crippen LogP contribution in [0.5, 0.6) is 0 Å². The summed E-state index contributed by atoms with van der Waals surface area (Å²) in [5.74, 6) is 0.610. The number of azo groups is 1. The van der Waals surface area contributed by atoms with Crippen LogP contribution >= 0.6 is 11.8 Å². The zero-order valence-electron chi connectivity index (χ0n) is 12.8. The second-order valence-corrected chi connectivity index (χ2v) is 6.16. The van der Waals surface area contributed by atoms with Crippen molar-refractivity contribution in [3.05, 3.63) is 77.6 Å². The highest BCUT2D eigenvalue weighted by molar-refractivity contribution is 8.14. The highest BCUT2D eigenvalue weighted by atomic mass is 32.2. The van der Waals surface area contributed by atoms with Gasteiger partial charge in [-0.2, -0.15) is 5.11 Å². The van der Waals surface area contributed by atoms with Crippen molar-refractivity contribution in [3.8, 4) is 0 Å². The monoisotopic (exact) mass is 323 g/mol. The average molecular weight is 323 g/mol. The van der Waals surface area contributed by atoms with E-state index in [1.807, 2.05) is 48.5 Å². The van der Waals surface area contributed by atoms with Crippen LogP contribution < -0.4 is 5.32 Å². The Morgan fingerprint density at radius 2 is 1.65 bits per heavy atom. The molecule has 0 amide bonds. The molecule has 1 unspecified atom stereocenters. The molecule has 5 heteroatoms. The zero-order valence-corrected chi connectivity index (χ0v) is 13.6. The minimum atomic E-state index is -0.0348. The van der Waals surface area contributed by atoms with Crippen molar-refractivity contribution >= 4 is 22.6 Å². The molecule has 0 saturated heterocycles. The van der Waals surface area contributed by atoms with Crippen molar-refractivity contribution in [2.45, 2.75) is 13.0 Å². The van der Waals surface area contributed by atoms with Gasteiger partial charge in [0.15, 0.2) is 5.70 Å². The summed E-state index contributed by atoms with van der Waals surface area (Å²) in [6.45, 7) is 2.07. The van der Waals surface area contributed by atoms with E-state index in [2.05, 4.69) is 34.6 Å². The largest absolute Gasteiger partial charge is 0.379 e. The fourth-order valence-electron chi connectivity index (χ4n) is 2.30. The van der Waals surface area contributed by atoms with Gasteiger partial charge in [0.1, 0.15) is 0 Å². The normalized spacial score (nSPS) is 16.1. The molecule has 0 bridgehead atoms. The molecule has 1 N–H and O–H groups in total. The maximum atomic E-state index is 12.0. The first-order valence-electron chi connectivity index (χ1n) is 7.42.